The van der Waals surface area contributed by atoms with Crippen LogP contribution in [0, 0.1) is 0 Å². The Kier molecular flexibility index (Phi) is 5.28. The highest BCUT2D eigenvalue weighted by atomic mass is 16.2. The summed E-state index contributed by atoms with van der Waals surface area (Å²) < 4.78 is 0. The summed E-state index contributed by atoms with van der Waals surface area (Å²) in [7, 11) is 0. The van der Waals surface area contributed by atoms with E-state index in [9.17, 15) is 4.79 Å². The van der Waals surface area contributed by atoms with Gasteiger partial charge in [-0.15, -0.1) is 0 Å². The fourth-order valence-electron chi connectivity index (χ4n) is 1.92. The molecule has 1 amide bonds. The third-order valence-electron chi connectivity index (χ3n) is 3.71. The molecule has 0 fully saturated rings. The molecule has 1 aromatic rings. The van der Waals surface area contributed by atoms with Gasteiger partial charge in [0.25, 0.3) is 0 Å². The van der Waals surface area contributed by atoms with Crippen molar-refractivity contribution < 1.29 is 4.79 Å². The van der Waals surface area contributed by atoms with Crippen molar-refractivity contribution in [3.8, 4) is 0 Å². The Hall–Kier alpha value is -1.42. The zero-order chi connectivity index (χ0) is 13.6. The molecule has 0 aliphatic heterocycles. The molecule has 4 nitrogen and oxygen atoms in total. The average molecular weight is 249 g/mol. The summed E-state index contributed by atoms with van der Waals surface area (Å²) in [6.07, 6.45) is 5.11. The Morgan fingerprint density at radius 2 is 2.17 bits per heavy atom. The van der Waals surface area contributed by atoms with Gasteiger partial charge in [0.15, 0.2) is 0 Å². The van der Waals surface area contributed by atoms with Gasteiger partial charge in [0.05, 0.1) is 11.5 Å². The minimum atomic E-state index is -0.284. The van der Waals surface area contributed by atoms with Crippen LogP contribution < -0.4 is 11.1 Å². The molecule has 1 heterocycles. The van der Waals surface area contributed by atoms with E-state index < -0.39 is 0 Å². The van der Waals surface area contributed by atoms with Crippen molar-refractivity contribution in [2.24, 2.45) is 5.73 Å². The molecular formula is C14H23N3O. The lowest BCUT2D eigenvalue weighted by Crippen LogP contribution is -2.53. The predicted octanol–water partition coefficient (Wildman–Crippen LogP) is 1.82. The van der Waals surface area contributed by atoms with Crippen LogP contribution in [0.3, 0.4) is 0 Å². The fourth-order valence-corrected chi connectivity index (χ4v) is 1.92. The number of carbonyl (C=O) groups is 1. The highest BCUT2D eigenvalue weighted by Crippen LogP contribution is 2.18. The number of pyridine rings is 1. The van der Waals surface area contributed by atoms with Crippen LogP contribution in [-0.2, 0) is 4.79 Å². The highest BCUT2D eigenvalue weighted by molar-refractivity contribution is 5.83. The van der Waals surface area contributed by atoms with Gasteiger partial charge in [-0.25, -0.2) is 0 Å². The summed E-state index contributed by atoms with van der Waals surface area (Å²) in [4.78, 5) is 16.3. The van der Waals surface area contributed by atoms with Gasteiger partial charge in [0, 0.05) is 18.9 Å². The topological polar surface area (TPSA) is 68.0 Å². The molecule has 1 rings (SSSR count). The molecule has 100 valence electrons. The molecule has 0 aromatic carbocycles. The van der Waals surface area contributed by atoms with Crippen LogP contribution in [0.5, 0.6) is 0 Å². The van der Waals surface area contributed by atoms with E-state index >= 15 is 0 Å². The molecule has 1 aromatic heterocycles. The summed E-state index contributed by atoms with van der Waals surface area (Å²) in [5, 5.41) is 3.09. The molecule has 1 unspecified atom stereocenters. The van der Waals surface area contributed by atoms with E-state index in [0.717, 1.165) is 18.4 Å². The largest absolute Gasteiger partial charge is 0.349 e. The molecule has 0 radical (unpaired) electrons. The molecular weight excluding hydrogens is 226 g/mol. The first kappa shape index (κ1) is 14.6. The lowest BCUT2D eigenvalue weighted by molar-refractivity contribution is -0.124. The summed E-state index contributed by atoms with van der Waals surface area (Å²) in [6.45, 7) is 6.45. The van der Waals surface area contributed by atoms with Gasteiger partial charge in [0.2, 0.25) is 5.91 Å². The summed E-state index contributed by atoms with van der Waals surface area (Å²) in [5.74, 6) is -0.195. The molecule has 0 spiro atoms. The summed E-state index contributed by atoms with van der Waals surface area (Å²) in [5.41, 5.74) is 6.43. The van der Waals surface area contributed by atoms with Gasteiger partial charge in [-0.1, -0.05) is 19.9 Å². The molecule has 3 N–H and O–H groups in total. The lowest BCUT2D eigenvalue weighted by atomic mass is 9.91. The monoisotopic (exact) mass is 249 g/mol. The van der Waals surface area contributed by atoms with Crippen molar-refractivity contribution in [1.29, 1.82) is 0 Å². The Balaban J connectivity index is 2.76. The Bertz CT molecular complexity index is 366. The summed E-state index contributed by atoms with van der Waals surface area (Å²) >= 11 is 0. The number of aromatic nitrogens is 1. The first-order chi connectivity index (χ1) is 8.58. The maximum Gasteiger partial charge on any atom is 0.227 e. The van der Waals surface area contributed by atoms with E-state index in [4.69, 9.17) is 5.73 Å². The minimum Gasteiger partial charge on any atom is -0.349 e. The second-order valence-corrected chi connectivity index (χ2v) is 4.69. The SMILES string of the molecule is CCC(CC)(CN)NC(=O)C(C)c1cccnc1. The van der Waals surface area contributed by atoms with E-state index in [1.165, 1.54) is 0 Å². The van der Waals surface area contributed by atoms with Crippen LogP contribution in [0.25, 0.3) is 0 Å². The molecule has 0 saturated heterocycles. The summed E-state index contributed by atoms with van der Waals surface area (Å²) in [6, 6.07) is 3.76. The number of nitrogens with zero attached hydrogens (tertiary/aromatic N) is 1. The van der Waals surface area contributed by atoms with Crippen molar-refractivity contribution in [3.63, 3.8) is 0 Å². The second-order valence-electron chi connectivity index (χ2n) is 4.69. The van der Waals surface area contributed by atoms with Crippen LogP contribution in [0.15, 0.2) is 24.5 Å². The highest BCUT2D eigenvalue weighted by Gasteiger charge is 2.28. The standard InChI is InChI=1S/C14H23N3O/c1-4-14(5-2,10-15)17-13(18)11(3)12-7-6-8-16-9-12/h6-9,11H,4-5,10,15H2,1-3H3,(H,17,18). The van der Waals surface area contributed by atoms with Crippen LogP contribution in [-0.4, -0.2) is 23.0 Å². The van der Waals surface area contributed by atoms with Crippen molar-refractivity contribution in [1.82, 2.24) is 10.3 Å². The van der Waals surface area contributed by atoms with Gasteiger partial charge in [-0.05, 0) is 31.4 Å². The van der Waals surface area contributed by atoms with Crippen molar-refractivity contribution in [3.05, 3.63) is 30.1 Å². The minimum absolute atomic E-state index is 0.0113. The lowest BCUT2D eigenvalue weighted by Gasteiger charge is -2.32. The Morgan fingerprint density at radius 1 is 1.50 bits per heavy atom. The van der Waals surface area contributed by atoms with Gasteiger partial charge in [-0.3, -0.25) is 9.78 Å². The molecule has 1 atom stereocenters. The van der Waals surface area contributed by atoms with Gasteiger partial charge < -0.3 is 11.1 Å². The van der Waals surface area contributed by atoms with Crippen LogP contribution in [0.4, 0.5) is 0 Å². The fraction of sp³-hybridized carbons (Fsp3) is 0.571. The number of amides is 1. The number of nitrogens with two attached hydrogens (primary N) is 1. The quantitative estimate of drug-likeness (QED) is 0.808. The molecule has 4 heteroatoms. The number of hydrogen-bond acceptors (Lipinski definition) is 3. The second kappa shape index (κ2) is 6.50. The molecule has 0 aliphatic carbocycles. The average Bonchev–Trinajstić information content (AvgIpc) is 2.45. The van der Waals surface area contributed by atoms with Crippen molar-refractivity contribution in [2.45, 2.75) is 45.1 Å². The predicted molar refractivity (Wildman–Crippen MR) is 73.2 cm³/mol. The zero-order valence-electron chi connectivity index (χ0n) is 11.4. The first-order valence-corrected chi connectivity index (χ1v) is 6.50. The van der Waals surface area contributed by atoms with Gasteiger partial charge >= 0.3 is 0 Å². The van der Waals surface area contributed by atoms with Crippen LogP contribution in [0.2, 0.25) is 0 Å². The smallest absolute Gasteiger partial charge is 0.227 e. The number of carbonyl (C=O) groups excluding carboxylic acids is 1. The maximum absolute atomic E-state index is 12.2. The maximum atomic E-state index is 12.2. The normalized spacial score (nSPS) is 13.1. The van der Waals surface area contributed by atoms with Crippen molar-refractivity contribution in [2.75, 3.05) is 6.54 Å². The zero-order valence-corrected chi connectivity index (χ0v) is 11.4. The molecule has 18 heavy (non-hydrogen) atoms. The number of rotatable bonds is 6. The van der Waals surface area contributed by atoms with E-state index in [-0.39, 0.29) is 17.4 Å². The van der Waals surface area contributed by atoms with Crippen LogP contribution >= 0.6 is 0 Å². The number of hydrogen-bond donors (Lipinski definition) is 2. The molecule has 0 saturated carbocycles. The van der Waals surface area contributed by atoms with E-state index in [1.54, 1.807) is 12.4 Å². The Labute approximate surface area is 109 Å². The van der Waals surface area contributed by atoms with E-state index in [1.807, 2.05) is 32.9 Å². The number of nitrogens with one attached hydrogen (secondary N) is 1. The van der Waals surface area contributed by atoms with Crippen molar-refractivity contribution >= 4 is 5.91 Å². The third kappa shape index (κ3) is 3.29. The van der Waals surface area contributed by atoms with E-state index in [0.29, 0.717) is 6.54 Å². The van der Waals surface area contributed by atoms with Crippen LogP contribution in [0.1, 0.15) is 45.1 Å². The van der Waals surface area contributed by atoms with E-state index in [2.05, 4.69) is 10.3 Å². The third-order valence-corrected chi connectivity index (χ3v) is 3.71. The van der Waals surface area contributed by atoms with Gasteiger partial charge in [-0.2, -0.15) is 0 Å². The molecule has 0 bridgehead atoms. The van der Waals surface area contributed by atoms with Gasteiger partial charge in [0.1, 0.15) is 0 Å². The Morgan fingerprint density at radius 3 is 2.61 bits per heavy atom. The first-order valence-electron chi connectivity index (χ1n) is 6.50. The molecule has 0 aliphatic rings.